The van der Waals surface area contributed by atoms with Crippen molar-refractivity contribution in [3.8, 4) is 0 Å². The number of rotatable bonds is 3. The van der Waals surface area contributed by atoms with E-state index >= 15 is 0 Å². The van der Waals surface area contributed by atoms with E-state index in [1.54, 1.807) is 12.1 Å². The molecule has 23 heavy (non-hydrogen) atoms. The zero-order chi connectivity index (χ0) is 16.8. The molecule has 126 valence electrons. The maximum absolute atomic E-state index is 12.1. The third kappa shape index (κ3) is 3.02. The monoisotopic (exact) mass is 337 g/mol. The lowest BCUT2D eigenvalue weighted by atomic mass is 9.98. The Bertz CT molecular complexity index is 700. The number of fused-ring (bicyclic) bond motifs is 1. The number of piperidine rings is 1. The van der Waals surface area contributed by atoms with Crippen LogP contribution >= 0.6 is 0 Å². The molecule has 0 aliphatic carbocycles. The summed E-state index contributed by atoms with van der Waals surface area (Å²) in [5, 5.41) is 3.07. The second kappa shape index (κ2) is 5.70. The van der Waals surface area contributed by atoms with Crippen molar-refractivity contribution in [2.45, 2.75) is 43.3 Å². The first-order valence-electron chi connectivity index (χ1n) is 7.91. The number of benzene rings is 1. The fourth-order valence-electron chi connectivity index (χ4n) is 3.55. The average molecular weight is 337 g/mol. The highest BCUT2D eigenvalue weighted by Crippen LogP contribution is 2.28. The van der Waals surface area contributed by atoms with Gasteiger partial charge in [0.05, 0.1) is 17.0 Å². The topological polar surface area (TPSA) is 69.7 Å². The zero-order valence-corrected chi connectivity index (χ0v) is 14.5. The maximum Gasteiger partial charge on any atom is 0.318 e. The molecular formula is C16H23N3O3S. The number of carbonyl (C=O) groups excluding carboxylic acids is 1. The van der Waals surface area contributed by atoms with Crippen molar-refractivity contribution in [1.82, 2.24) is 10.2 Å². The van der Waals surface area contributed by atoms with E-state index in [9.17, 15) is 13.2 Å². The summed E-state index contributed by atoms with van der Waals surface area (Å²) < 4.78 is 23.1. The van der Waals surface area contributed by atoms with Gasteiger partial charge >= 0.3 is 6.03 Å². The van der Waals surface area contributed by atoms with Gasteiger partial charge in [-0.05, 0) is 44.5 Å². The second-order valence-electron chi connectivity index (χ2n) is 6.63. The van der Waals surface area contributed by atoms with Crippen molar-refractivity contribution in [2.24, 2.45) is 0 Å². The predicted molar refractivity (Wildman–Crippen MR) is 89.5 cm³/mol. The van der Waals surface area contributed by atoms with Crippen LogP contribution in [-0.2, 0) is 9.84 Å². The molecule has 2 amide bonds. The van der Waals surface area contributed by atoms with Gasteiger partial charge in [-0.3, -0.25) is 0 Å². The Morgan fingerprint density at radius 1 is 1.22 bits per heavy atom. The van der Waals surface area contributed by atoms with Gasteiger partial charge in [-0.1, -0.05) is 0 Å². The van der Waals surface area contributed by atoms with E-state index in [0.717, 1.165) is 25.2 Å². The van der Waals surface area contributed by atoms with Gasteiger partial charge < -0.3 is 15.1 Å². The molecule has 2 saturated heterocycles. The minimum Gasteiger partial charge on any atom is -0.369 e. The summed E-state index contributed by atoms with van der Waals surface area (Å²) in [5.41, 5.74) is 0.994. The molecule has 2 heterocycles. The van der Waals surface area contributed by atoms with Gasteiger partial charge in [0.15, 0.2) is 9.84 Å². The Morgan fingerprint density at radius 2 is 1.87 bits per heavy atom. The number of sulfone groups is 1. The molecule has 2 atom stereocenters. The largest absolute Gasteiger partial charge is 0.369 e. The number of nitrogens with one attached hydrogen (secondary N) is 1. The number of amides is 2. The number of hydrogen-bond donors (Lipinski definition) is 1. The first-order valence-corrected chi connectivity index (χ1v) is 9.80. The first-order chi connectivity index (χ1) is 10.8. The molecular weight excluding hydrogens is 314 g/mol. The van der Waals surface area contributed by atoms with E-state index in [2.05, 4.69) is 10.2 Å². The quantitative estimate of drug-likeness (QED) is 0.907. The van der Waals surface area contributed by atoms with Crippen LogP contribution < -0.4 is 10.2 Å². The molecule has 2 aliphatic heterocycles. The molecule has 0 unspecified atom stereocenters. The summed E-state index contributed by atoms with van der Waals surface area (Å²) in [6.07, 6.45) is 2.12. The van der Waals surface area contributed by atoms with Crippen LogP contribution in [-0.4, -0.2) is 56.8 Å². The smallest absolute Gasteiger partial charge is 0.318 e. The fourth-order valence-corrected chi connectivity index (χ4v) is 4.18. The Hall–Kier alpha value is -1.76. The van der Waals surface area contributed by atoms with Crippen LogP contribution in [0.3, 0.4) is 0 Å². The van der Waals surface area contributed by atoms with Gasteiger partial charge in [0.2, 0.25) is 0 Å². The minimum atomic E-state index is -3.17. The van der Waals surface area contributed by atoms with Crippen molar-refractivity contribution < 1.29 is 13.2 Å². The van der Waals surface area contributed by atoms with E-state index in [4.69, 9.17) is 0 Å². The number of urea groups is 1. The van der Waals surface area contributed by atoms with Gasteiger partial charge in [-0.2, -0.15) is 0 Å². The van der Waals surface area contributed by atoms with Crippen molar-refractivity contribution >= 4 is 21.6 Å². The van der Waals surface area contributed by atoms with Gasteiger partial charge in [0.25, 0.3) is 0 Å². The molecule has 0 radical (unpaired) electrons. The highest BCUT2D eigenvalue weighted by molar-refractivity contribution is 7.90. The predicted octanol–water partition coefficient (Wildman–Crippen LogP) is 1.47. The Morgan fingerprint density at radius 3 is 2.43 bits per heavy atom. The highest BCUT2D eigenvalue weighted by Gasteiger charge is 2.43. The number of nitrogens with zero attached hydrogens (tertiary/aromatic N) is 2. The van der Waals surface area contributed by atoms with Crippen LogP contribution in [0.2, 0.25) is 0 Å². The molecule has 0 bridgehead atoms. The third-order valence-electron chi connectivity index (χ3n) is 4.66. The van der Waals surface area contributed by atoms with E-state index in [0.29, 0.717) is 4.90 Å². The molecule has 1 aromatic carbocycles. The van der Waals surface area contributed by atoms with Gasteiger partial charge in [-0.15, -0.1) is 0 Å². The van der Waals surface area contributed by atoms with Gasteiger partial charge in [0.1, 0.15) is 0 Å². The maximum atomic E-state index is 12.1. The SMILES string of the molecule is CC(C)N1C(=O)N[C@@H]2CN(c3ccc(S(C)(=O)=O)cc3)CC[C@@H]21. The van der Waals surface area contributed by atoms with Crippen molar-refractivity contribution in [3.63, 3.8) is 0 Å². The summed E-state index contributed by atoms with van der Waals surface area (Å²) in [6.45, 7) is 5.69. The lowest BCUT2D eigenvalue weighted by molar-refractivity contribution is 0.175. The molecule has 7 heteroatoms. The van der Waals surface area contributed by atoms with E-state index < -0.39 is 9.84 Å². The summed E-state index contributed by atoms with van der Waals surface area (Å²) in [4.78, 5) is 16.6. The Kier molecular flexibility index (Phi) is 4.00. The van der Waals surface area contributed by atoms with Crippen LogP contribution in [0.4, 0.5) is 10.5 Å². The number of anilines is 1. The summed E-state index contributed by atoms with van der Waals surface area (Å²) in [5.74, 6) is 0. The minimum absolute atomic E-state index is 0.0178. The van der Waals surface area contributed by atoms with Crippen LogP contribution in [0.25, 0.3) is 0 Å². The molecule has 0 aromatic heterocycles. The van der Waals surface area contributed by atoms with Crippen LogP contribution in [0.1, 0.15) is 20.3 Å². The van der Waals surface area contributed by atoms with Crippen LogP contribution in [0.5, 0.6) is 0 Å². The molecule has 1 N–H and O–H groups in total. The lowest BCUT2D eigenvalue weighted by Crippen LogP contribution is -2.52. The summed E-state index contributed by atoms with van der Waals surface area (Å²) in [6, 6.07) is 7.55. The van der Waals surface area contributed by atoms with Crippen LogP contribution in [0, 0.1) is 0 Å². The second-order valence-corrected chi connectivity index (χ2v) is 8.64. The van der Waals surface area contributed by atoms with E-state index in [1.807, 2.05) is 30.9 Å². The summed E-state index contributed by atoms with van der Waals surface area (Å²) in [7, 11) is -3.17. The lowest BCUT2D eigenvalue weighted by Gasteiger charge is -2.39. The van der Waals surface area contributed by atoms with Crippen molar-refractivity contribution in [2.75, 3.05) is 24.2 Å². The first kappa shape index (κ1) is 16.1. The zero-order valence-electron chi connectivity index (χ0n) is 13.7. The normalized spacial score (nSPS) is 24.8. The van der Waals surface area contributed by atoms with Gasteiger partial charge in [0, 0.05) is 31.1 Å². The fraction of sp³-hybridized carbons (Fsp3) is 0.562. The van der Waals surface area contributed by atoms with Crippen LogP contribution in [0.15, 0.2) is 29.2 Å². The van der Waals surface area contributed by atoms with Crippen molar-refractivity contribution in [3.05, 3.63) is 24.3 Å². The summed E-state index contributed by atoms with van der Waals surface area (Å²) >= 11 is 0. The third-order valence-corrected chi connectivity index (χ3v) is 5.79. The molecule has 0 spiro atoms. The molecule has 0 saturated carbocycles. The average Bonchev–Trinajstić information content (AvgIpc) is 2.81. The standard InChI is InChI=1S/C16H23N3O3S/c1-11(2)19-15-8-9-18(10-14(15)17-16(19)20)12-4-6-13(7-5-12)23(3,21)22/h4-7,11,14-15H,8-10H2,1-3H3,(H,17,20)/t14-,15+/m1/s1. The highest BCUT2D eigenvalue weighted by atomic mass is 32.2. The Balaban J connectivity index is 1.75. The number of carbonyl (C=O) groups is 1. The van der Waals surface area contributed by atoms with Gasteiger partial charge in [-0.25, -0.2) is 13.2 Å². The molecule has 2 fully saturated rings. The van der Waals surface area contributed by atoms with E-state index in [1.165, 1.54) is 6.26 Å². The molecule has 3 rings (SSSR count). The molecule has 1 aromatic rings. The molecule has 6 nitrogen and oxygen atoms in total. The van der Waals surface area contributed by atoms with E-state index in [-0.39, 0.29) is 24.2 Å². The molecule has 2 aliphatic rings. The van der Waals surface area contributed by atoms with Crippen molar-refractivity contribution in [1.29, 1.82) is 0 Å². The Labute approximate surface area is 137 Å². The number of hydrogen-bond acceptors (Lipinski definition) is 4.